The van der Waals surface area contributed by atoms with Gasteiger partial charge in [-0.3, -0.25) is 14.8 Å². The molecule has 150 valence electrons. The Labute approximate surface area is 170 Å². The van der Waals surface area contributed by atoms with E-state index in [1.807, 2.05) is 12.1 Å². The summed E-state index contributed by atoms with van der Waals surface area (Å²) in [4.78, 5) is 24.6. The van der Waals surface area contributed by atoms with Gasteiger partial charge >= 0.3 is 0 Å². The van der Waals surface area contributed by atoms with E-state index in [2.05, 4.69) is 0 Å². The van der Waals surface area contributed by atoms with Crippen molar-refractivity contribution in [1.82, 2.24) is 10.0 Å². The maximum atomic E-state index is 13.0. The van der Waals surface area contributed by atoms with Crippen LogP contribution in [-0.2, 0) is 6.54 Å². The van der Waals surface area contributed by atoms with Crippen molar-refractivity contribution >= 4 is 16.7 Å². The lowest BCUT2D eigenvalue weighted by atomic mass is 10.1. The average molecular weight is 404 g/mol. The molecule has 0 unspecified atom stereocenters. The summed E-state index contributed by atoms with van der Waals surface area (Å²) in [7, 11) is 0. The predicted octanol–water partition coefficient (Wildman–Crippen LogP) is 4.10. The summed E-state index contributed by atoms with van der Waals surface area (Å²) in [5, 5.41) is 9.88. The van der Waals surface area contributed by atoms with Crippen LogP contribution in [0, 0.1) is 5.82 Å². The highest BCUT2D eigenvalue weighted by atomic mass is 19.1. The van der Waals surface area contributed by atoms with Crippen LogP contribution >= 0.6 is 0 Å². The fraction of sp³-hybridized carbons (Fsp3) is 0.0435. The van der Waals surface area contributed by atoms with Gasteiger partial charge < -0.3 is 9.30 Å². The smallest absolute Gasteiger partial charge is 0.274 e. The van der Waals surface area contributed by atoms with Crippen molar-refractivity contribution in [3.05, 3.63) is 106 Å². The Hall–Kier alpha value is -3.97. The highest BCUT2D eigenvalue weighted by molar-refractivity contribution is 5.97. The first-order valence-electron chi connectivity index (χ1n) is 9.13. The lowest BCUT2D eigenvalue weighted by Gasteiger charge is -2.10. The molecule has 1 amide bonds. The molecule has 0 bridgehead atoms. The third-order valence-corrected chi connectivity index (χ3v) is 4.64. The molecule has 4 aromatic rings. The lowest BCUT2D eigenvalue weighted by Crippen LogP contribution is -2.22. The molecule has 0 aliphatic rings. The fourth-order valence-corrected chi connectivity index (χ4v) is 3.15. The van der Waals surface area contributed by atoms with Gasteiger partial charge in [-0.1, -0.05) is 18.2 Å². The van der Waals surface area contributed by atoms with Crippen molar-refractivity contribution in [2.24, 2.45) is 0 Å². The Morgan fingerprint density at radius 2 is 1.80 bits per heavy atom. The molecule has 0 fully saturated rings. The van der Waals surface area contributed by atoms with Crippen molar-refractivity contribution in [3.8, 4) is 11.5 Å². The molecule has 0 spiro atoms. The summed E-state index contributed by atoms with van der Waals surface area (Å²) < 4.78 is 20.3. The number of aromatic nitrogens is 1. The molecule has 6 nitrogen and oxygen atoms in total. The molecule has 0 atom stereocenters. The highest BCUT2D eigenvalue weighted by Crippen LogP contribution is 2.23. The molecule has 0 radical (unpaired) electrons. The van der Waals surface area contributed by atoms with Gasteiger partial charge in [0.2, 0.25) is 0 Å². The number of nitrogens with one attached hydrogen (secondary N) is 1. The minimum Gasteiger partial charge on any atom is -0.457 e. The minimum absolute atomic E-state index is 0.189. The van der Waals surface area contributed by atoms with Gasteiger partial charge in [0.25, 0.3) is 11.5 Å². The number of rotatable bonds is 5. The topological polar surface area (TPSA) is 80.6 Å². The summed E-state index contributed by atoms with van der Waals surface area (Å²) >= 11 is 0. The van der Waals surface area contributed by atoms with Crippen molar-refractivity contribution in [3.63, 3.8) is 0 Å². The van der Waals surface area contributed by atoms with E-state index in [4.69, 9.17) is 9.94 Å². The second-order valence-electron chi connectivity index (χ2n) is 6.70. The van der Waals surface area contributed by atoms with Crippen LogP contribution in [0.15, 0.2) is 83.8 Å². The maximum Gasteiger partial charge on any atom is 0.274 e. The summed E-state index contributed by atoms with van der Waals surface area (Å²) in [6, 6.07) is 19.4. The number of hydrogen-bond acceptors (Lipinski definition) is 4. The molecule has 1 heterocycles. The van der Waals surface area contributed by atoms with Crippen LogP contribution in [0.1, 0.15) is 15.9 Å². The first-order chi connectivity index (χ1) is 14.5. The number of benzene rings is 3. The molecule has 0 aliphatic carbocycles. The zero-order chi connectivity index (χ0) is 21.1. The Morgan fingerprint density at radius 3 is 2.57 bits per heavy atom. The number of ether oxygens (including phenoxy) is 1. The van der Waals surface area contributed by atoms with Crippen LogP contribution in [0.4, 0.5) is 4.39 Å². The van der Waals surface area contributed by atoms with Crippen LogP contribution in [0.2, 0.25) is 0 Å². The Kier molecular flexibility index (Phi) is 5.28. The van der Waals surface area contributed by atoms with Crippen LogP contribution < -0.4 is 15.8 Å². The van der Waals surface area contributed by atoms with Crippen LogP contribution in [0.5, 0.6) is 11.5 Å². The fourth-order valence-electron chi connectivity index (χ4n) is 3.15. The number of hydroxylamine groups is 1. The monoisotopic (exact) mass is 404 g/mol. The molecule has 0 saturated heterocycles. The van der Waals surface area contributed by atoms with Gasteiger partial charge in [-0.25, -0.2) is 9.87 Å². The average Bonchev–Trinajstić information content (AvgIpc) is 2.77. The zero-order valence-electron chi connectivity index (χ0n) is 15.7. The molecule has 30 heavy (non-hydrogen) atoms. The predicted molar refractivity (Wildman–Crippen MR) is 109 cm³/mol. The van der Waals surface area contributed by atoms with E-state index >= 15 is 0 Å². The molecule has 4 rings (SSSR count). The number of carbonyl (C=O) groups is 1. The van der Waals surface area contributed by atoms with Gasteiger partial charge in [-0.15, -0.1) is 0 Å². The standard InChI is InChI=1S/C23H17FN2O4/c24-18-6-8-19(9-7-18)30-20-3-1-2-15(12-20)14-26-11-10-16-4-5-17(22(27)25-29)13-21(16)23(26)28/h1-13,29H,14H2,(H,25,27). The second kappa shape index (κ2) is 8.18. The summed E-state index contributed by atoms with van der Waals surface area (Å²) in [5.74, 6) is 0.0460. The van der Waals surface area contributed by atoms with E-state index in [1.165, 1.54) is 41.0 Å². The van der Waals surface area contributed by atoms with E-state index in [0.717, 1.165) is 5.56 Å². The van der Waals surface area contributed by atoms with Crippen LogP contribution in [0.25, 0.3) is 10.8 Å². The summed E-state index contributed by atoms with van der Waals surface area (Å²) in [6.07, 6.45) is 1.68. The third-order valence-electron chi connectivity index (χ3n) is 4.64. The van der Waals surface area contributed by atoms with E-state index in [0.29, 0.717) is 28.8 Å². The van der Waals surface area contributed by atoms with Crippen molar-refractivity contribution < 1.29 is 19.1 Å². The van der Waals surface area contributed by atoms with E-state index < -0.39 is 5.91 Å². The largest absolute Gasteiger partial charge is 0.457 e. The number of hydrogen-bond donors (Lipinski definition) is 2. The number of amides is 1. The molecular weight excluding hydrogens is 387 g/mol. The third kappa shape index (κ3) is 4.06. The molecule has 3 aromatic carbocycles. The van der Waals surface area contributed by atoms with Gasteiger partial charge in [0.05, 0.1) is 6.54 Å². The molecule has 1 aromatic heterocycles. The SMILES string of the molecule is O=C(NO)c1ccc2ccn(Cc3cccc(Oc4ccc(F)cc4)c3)c(=O)c2c1. The lowest BCUT2D eigenvalue weighted by molar-refractivity contribution is 0.0706. The van der Waals surface area contributed by atoms with Gasteiger partial charge in [0.1, 0.15) is 17.3 Å². The first-order valence-corrected chi connectivity index (χ1v) is 9.13. The van der Waals surface area contributed by atoms with Gasteiger partial charge in [-0.05, 0) is 65.5 Å². The molecular formula is C23H17FN2O4. The molecule has 0 saturated carbocycles. The minimum atomic E-state index is -0.683. The Balaban J connectivity index is 1.62. The quantitative estimate of drug-likeness (QED) is 0.388. The van der Waals surface area contributed by atoms with Gasteiger partial charge in [0.15, 0.2) is 0 Å². The molecule has 0 aliphatic heterocycles. The molecule has 7 heteroatoms. The van der Waals surface area contributed by atoms with Crippen molar-refractivity contribution in [2.75, 3.05) is 0 Å². The Morgan fingerprint density at radius 1 is 1.00 bits per heavy atom. The number of nitrogens with zero attached hydrogens (tertiary/aromatic N) is 1. The van der Waals surface area contributed by atoms with Crippen molar-refractivity contribution in [2.45, 2.75) is 6.54 Å². The number of pyridine rings is 1. The van der Waals surface area contributed by atoms with E-state index in [-0.39, 0.29) is 16.9 Å². The van der Waals surface area contributed by atoms with Crippen LogP contribution in [-0.4, -0.2) is 15.7 Å². The number of carbonyl (C=O) groups excluding carboxylic acids is 1. The highest BCUT2D eigenvalue weighted by Gasteiger charge is 2.09. The van der Waals surface area contributed by atoms with Gasteiger partial charge in [-0.2, -0.15) is 0 Å². The van der Waals surface area contributed by atoms with Gasteiger partial charge in [0, 0.05) is 17.1 Å². The second-order valence-corrected chi connectivity index (χ2v) is 6.70. The van der Waals surface area contributed by atoms with E-state index in [9.17, 15) is 14.0 Å². The maximum absolute atomic E-state index is 13.0. The molecule has 2 N–H and O–H groups in total. The first kappa shape index (κ1) is 19.4. The van der Waals surface area contributed by atoms with Crippen LogP contribution in [0.3, 0.4) is 0 Å². The normalized spacial score (nSPS) is 10.7. The number of halogens is 1. The summed E-state index contributed by atoms with van der Waals surface area (Å²) in [5.41, 5.74) is 2.33. The Bertz CT molecular complexity index is 1280. The van der Waals surface area contributed by atoms with E-state index in [1.54, 1.807) is 35.9 Å². The summed E-state index contributed by atoms with van der Waals surface area (Å²) in [6.45, 7) is 0.297. The van der Waals surface area contributed by atoms with Crippen molar-refractivity contribution in [1.29, 1.82) is 0 Å². The zero-order valence-corrected chi connectivity index (χ0v) is 15.7. The number of fused-ring (bicyclic) bond motifs is 1.